The monoisotopic (exact) mass is 397 g/mol. The highest BCUT2D eigenvalue weighted by molar-refractivity contribution is 9.09. The molecule has 0 unspecified atom stereocenters. The van der Waals surface area contributed by atoms with E-state index in [4.69, 9.17) is 16.3 Å². The summed E-state index contributed by atoms with van der Waals surface area (Å²) in [6.07, 6.45) is 0. The molecule has 3 nitrogen and oxygen atoms in total. The van der Waals surface area contributed by atoms with Gasteiger partial charge >= 0.3 is 0 Å². The van der Waals surface area contributed by atoms with Gasteiger partial charge in [-0.3, -0.25) is 4.79 Å². The molecule has 1 rings (SSSR count). The van der Waals surface area contributed by atoms with Crippen LogP contribution in [0.15, 0.2) is 24.3 Å². The highest BCUT2D eigenvalue weighted by Gasteiger charge is 2.23. The van der Waals surface area contributed by atoms with E-state index in [2.05, 4.69) is 37.2 Å². The molecular weight excluding hydrogens is 385 g/mol. The molecular formula is C12H14Br2ClNO2. The van der Waals surface area contributed by atoms with Gasteiger partial charge in [0.25, 0.3) is 5.91 Å². The number of carbonyl (C=O) groups excluding carboxylic acids is 1. The van der Waals surface area contributed by atoms with Crippen LogP contribution in [0, 0.1) is 0 Å². The fraction of sp³-hybridized carbons (Fsp3) is 0.417. The fourth-order valence-corrected chi connectivity index (χ4v) is 2.49. The maximum Gasteiger partial charge on any atom is 0.258 e. The van der Waals surface area contributed by atoms with Gasteiger partial charge in [0, 0.05) is 15.7 Å². The molecule has 1 aromatic rings. The Morgan fingerprint density at radius 1 is 1.33 bits per heavy atom. The number of ether oxygens (including phenoxy) is 1. The third kappa shape index (κ3) is 5.16. The van der Waals surface area contributed by atoms with Gasteiger partial charge in [-0.25, -0.2) is 0 Å². The van der Waals surface area contributed by atoms with Crippen LogP contribution in [0.3, 0.4) is 0 Å². The molecule has 0 atom stereocenters. The van der Waals surface area contributed by atoms with Crippen molar-refractivity contribution in [1.82, 2.24) is 5.32 Å². The average Bonchev–Trinajstić information content (AvgIpc) is 2.38. The number of hydrogen-bond acceptors (Lipinski definition) is 2. The highest BCUT2D eigenvalue weighted by Crippen LogP contribution is 2.15. The van der Waals surface area contributed by atoms with Gasteiger partial charge in [-0.2, -0.15) is 0 Å². The summed E-state index contributed by atoms with van der Waals surface area (Å²) in [5.74, 6) is 0.459. The zero-order chi connectivity index (χ0) is 13.6. The molecule has 1 N–H and O–H groups in total. The van der Waals surface area contributed by atoms with E-state index in [-0.39, 0.29) is 18.1 Å². The lowest BCUT2D eigenvalue weighted by Gasteiger charge is -2.26. The van der Waals surface area contributed by atoms with Crippen LogP contribution < -0.4 is 10.1 Å². The Morgan fingerprint density at radius 3 is 2.39 bits per heavy atom. The molecule has 0 aliphatic heterocycles. The van der Waals surface area contributed by atoms with E-state index < -0.39 is 0 Å². The summed E-state index contributed by atoms with van der Waals surface area (Å²) in [5, 5.41) is 4.86. The molecule has 1 aromatic carbocycles. The Morgan fingerprint density at radius 2 is 1.89 bits per heavy atom. The first-order valence-corrected chi connectivity index (χ1v) is 7.92. The van der Waals surface area contributed by atoms with Gasteiger partial charge in [0.15, 0.2) is 6.61 Å². The van der Waals surface area contributed by atoms with Gasteiger partial charge in [0.2, 0.25) is 0 Å². The molecule has 18 heavy (non-hydrogen) atoms. The third-order valence-corrected chi connectivity index (χ3v) is 4.94. The number of halogens is 3. The quantitative estimate of drug-likeness (QED) is 0.745. The van der Waals surface area contributed by atoms with Gasteiger partial charge in [0.05, 0.1) is 5.54 Å². The number of alkyl halides is 2. The molecule has 100 valence electrons. The zero-order valence-electron chi connectivity index (χ0n) is 9.88. The number of hydrogen-bond donors (Lipinski definition) is 1. The van der Waals surface area contributed by atoms with Gasteiger partial charge in [0.1, 0.15) is 5.75 Å². The molecule has 0 radical (unpaired) electrons. The minimum absolute atomic E-state index is 0.0166. The maximum absolute atomic E-state index is 11.7. The van der Waals surface area contributed by atoms with Crippen LogP contribution in [0.1, 0.15) is 6.92 Å². The SMILES string of the molecule is CC(CBr)(CBr)NC(=O)COc1ccc(Cl)cc1. The summed E-state index contributed by atoms with van der Waals surface area (Å²) in [6.45, 7) is 1.92. The second-order valence-corrected chi connectivity index (χ2v) is 5.68. The lowest BCUT2D eigenvalue weighted by Crippen LogP contribution is -2.50. The van der Waals surface area contributed by atoms with Crippen LogP contribution in [0.25, 0.3) is 0 Å². The molecule has 0 saturated heterocycles. The molecule has 6 heteroatoms. The Kier molecular flexibility index (Phi) is 6.46. The van der Waals surface area contributed by atoms with E-state index in [0.717, 1.165) is 0 Å². The summed E-state index contributed by atoms with van der Waals surface area (Å²) < 4.78 is 5.36. The molecule has 0 bridgehead atoms. The first kappa shape index (κ1) is 15.8. The van der Waals surface area contributed by atoms with E-state index in [0.29, 0.717) is 21.4 Å². The number of amides is 1. The van der Waals surface area contributed by atoms with Gasteiger partial charge in [-0.15, -0.1) is 0 Å². The van der Waals surface area contributed by atoms with Crippen LogP contribution in [-0.2, 0) is 4.79 Å². The lowest BCUT2D eigenvalue weighted by molar-refractivity contribution is -0.124. The van der Waals surface area contributed by atoms with Crippen LogP contribution in [0.2, 0.25) is 5.02 Å². The van der Waals surface area contributed by atoms with Crippen molar-refractivity contribution in [3.63, 3.8) is 0 Å². The second kappa shape index (κ2) is 7.36. The number of carbonyl (C=O) groups is 1. The smallest absolute Gasteiger partial charge is 0.258 e. The highest BCUT2D eigenvalue weighted by atomic mass is 79.9. The summed E-state index contributed by atoms with van der Waals surface area (Å²) >= 11 is 12.5. The molecule has 0 fully saturated rings. The van der Waals surface area contributed by atoms with Gasteiger partial charge < -0.3 is 10.1 Å². The largest absolute Gasteiger partial charge is 0.484 e. The minimum Gasteiger partial charge on any atom is -0.484 e. The second-order valence-electron chi connectivity index (χ2n) is 4.12. The standard InChI is InChI=1S/C12H14Br2ClNO2/c1-12(7-13,8-14)16-11(17)6-18-10-4-2-9(15)3-5-10/h2-5H,6-8H2,1H3,(H,16,17). The predicted molar refractivity (Wildman–Crippen MR) is 81.1 cm³/mol. The first-order chi connectivity index (χ1) is 8.49. The predicted octanol–water partition coefficient (Wildman–Crippen LogP) is 3.38. The Labute approximate surface area is 128 Å². The topological polar surface area (TPSA) is 38.3 Å². The number of benzene rings is 1. The molecule has 0 heterocycles. The van der Waals surface area contributed by atoms with Crippen LogP contribution in [0.4, 0.5) is 0 Å². The van der Waals surface area contributed by atoms with Gasteiger partial charge in [-0.05, 0) is 31.2 Å². The fourth-order valence-electron chi connectivity index (χ4n) is 1.15. The van der Waals surface area contributed by atoms with Crippen molar-refractivity contribution in [2.45, 2.75) is 12.5 Å². The molecule has 0 saturated carbocycles. The normalized spacial score (nSPS) is 11.1. The van der Waals surface area contributed by atoms with Crippen molar-refractivity contribution in [3.05, 3.63) is 29.3 Å². The molecule has 0 aliphatic rings. The molecule has 0 aromatic heterocycles. The summed E-state index contributed by atoms with van der Waals surface area (Å²) in [5.41, 5.74) is -0.319. The average molecular weight is 400 g/mol. The van der Waals surface area contributed by atoms with E-state index in [1.54, 1.807) is 24.3 Å². The minimum atomic E-state index is -0.319. The van der Waals surface area contributed by atoms with Crippen molar-refractivity contribution in [3.8, 4) is 5.75 Å². The van der Waals surface area contributed by atoms with E-state index in [1.807, 2.05) is 6.92 Å². The van der Waals surface area contributed by atoms with Crippen LogP contribution in [0.5, 0.6) is 5.75 Å². The Balaban J connectivity index is 2.44. The van der Waals surface area contributed by atoms with E-state index in [9.17, 15) is 4.79 Å². The Bertz CT molecular complexity index is 394. The Hall–Kier alpha value is -0.260. The van der Waals surface area contributed by atoms with Crippen LogP contribution in [-0.4, -0.2) is 28.7 Å². The molecule has 0 aliphatic carbocycles. The molecule has 1 amide bonds. The first-order valence-electron chi connectivity index (χ1n) is 5.30. The summed E-state index contributed by atoms with van der Waals surface area (Å²) in [6, 6.07) is 6.89. The third-order valence-electron chi connectivity index (χ3n) is 2.21. The van der Waals surface area contributed by atoms with Crippen molar-refractivity contribution in [2.24, 2.45) is 0 Å². The maximum atomic E-state index is 11.7. The lowest BCUT2D eigenvalue weighted by atomic mass is 10.1. The van der Waals surface area contributed by atoms with Crippen molar-refractivity contribution >= 4 is 49.4 Å². The van der Waals surface area contributed by atoms with Crippen molar-refractivity contribution in [2.75, 3.05) is 17.3 Å². The zero-order valence-corrected chi connectivity index (χ0v) is 13.8. The van der Waals surface area contributed by atoms with Crippen LogP contribution >= 0.6 is 43.5 Å². The summed E-state index contributed by atoms with van der Waals surface area (Å²) in [4.78, 5) is 11.7. The van der Waals surface area contributed by atoms with Crippen molar-refractivity contribution < 1.29 is 9.53 Å². The van der Waals surface area contributed by atoms with Crippen molar-refractivity contribution in [1.29, 1.82) is 0 Å². The van der Waals surface area contributed by atoms with E-state index in [1.165, 1.54) is 0 Å². The number of rotatable bonds is 6. The number of nitrogens with one attached hydrogen (secondary N) is 1. The summed E-state index contributed by atoms with van der Waals surface area (Å²) in [7, 11) is 0. The molecule has 0 spiro atoms. The van der Waals surface area contributed by atoms with Gasteiger partial charge in [-0.1, -0.05) is 43.5 Å². The van der Waals surface area contributed by atoms with E-state index >= 15 is 0 Å².